The summed E-state index contributed by atoms with van der Waals surface area (Å²) in [6, 6.07) is -0.975. The fraction of sp³-hybridized carbons (Fsp3) is 0.455. The maximum Gasteiger partial charge on any atom is 0.408 e. The van der Waals surface area contributed by atoms with Crippen LogP contribution in [0.4, 0.5) is 4.79 Å². The summed E-state index contributed by atoms with van der Waals surface area (Å²) in [6.45, 7) is 10.5. The number of alkyl carbamates (subject to hydrolysis) is 1. The summed E-state index contributed by atoms with van der Waals surface area (Å²) in [5.74, 6) is -1.17. The molecule has 0 unspecified atom stereocenters. The fourth-order valence-corrected chi connectivity index (χ4v) is 5.20. The number of nitrogens with one attached hydrogen (secondary N) is 1. The van der Waals surface area contributed by atoms with Gasteiger partial charge >= 0.3 is 12.1 Å². The van der Waals surface area contributed by atoms with Gasteiger partial charge in [-0.2, -0.15) is 0 Å². The van der Waals surface area contributed by atoms with Crippen LogP contribution in [0, 0.1) is 0 Å². The van der Waals surface area contributed by atoms with E-state index in [4.69, 9.17) is 15.2 Å². The smallest absolute Gasteiger partial charge is 0.408 e. The van der Waals surface area contributed by atoms with E-state index in [1.54, 1.807) is 46.9 Å². The largest absolute Gasteiger partial charge is 0.458 e. The van der Waals surface area contributed by atoms with Crippen LogP contribution in [0.3, 0.4) is 0 Å². The van der Waals surface area contributed by atoms with Crippen LogP contribution in [-0.2, 0) is 20.7 Å². The molecule has 0 fully saturated rings. The van der Waals surface area contributed by atoms with Gasteiger partial charge in [0.05, 0.1) is 5.01 Å². The number of rotatable bonds is 7. The zero-order valence-corrected chi connectivity index (χ0v) is 22.7. The first-order chi connectivity index (χ1) is 16.2. The van der Waals surface area contributed by atoms with E-state index in [1.807, 2.05) is 10.8 Å². The van der Waals surface area contributed by atoms with E-state index in [9.17, 15) is 14.4 Å². The minimum Gasteiger partial charge on any atom is -0.458 e. The molecule has 0 spiro atoms. The molecule has 2 amide bonds. The third-order valence-corrected chi connectivity index (χ3v) is 6.61. The molecule has 3 aromatic heterocycles. The molecule has 0 aliphatic heterocycles. The monoisotopic (exact) mass is 537 g/mol. The van der Waals surface area contributed by atoms with Crippen LogP contribution in [0.5, 0.6) is 0 Å². The Hall–Kier alpha value is -2.90. The number of esters is 1. The lowest BCUT2D eigenvalue weighted by Crippen LogP contribution is -2.47. The summed E-state index contributed by atoms with van der Waals surface area (Å²) < 4.78 is 10.8. The first kappa shape index (κ1) is 26.7. The van der Waals surface area contributed by atoms with Crippen molar-refractivity contribution in [2.75, 3.05) is 0 Å². The van der Waals surface area contributed by atoms with Crippen LogP contribution >= 0.6 is 34.0 Å². The van der Waals surface area contributed by atoms with Crippen molar-refractivity contribution in [2.45, 2.75) is 65.2 Å². The summed E-state index contributed by atoms with van der Waals surface area (Å²) in [5, 5.41) is 9.71. The third-order valence-electron chi connectivity index (χ3n) is 4.01. The van der Waals surface area contributed by atoms with E-state index in [-0.39, 0.29) is 12.1 Å². The summed E-state index contributed by atoms with van der Waals surface area (Å²) >= 11 is 4.00. The molecule has 0 radical (unpaired) electrons. The zero-order valence-electron chi connectivity index (χ0n) is 20.2. The normalized spacial score (nSPS) is 12.7. The molecule has 10 nitrogen and oxygen atoms in total. The lowest BCUT2D eigenvalue weighted by Gasteiger charge is -2.25. The number of amides is 2. The average Bonchev–Trinajstić information content (AvgIpc) is 3.44. The van der Waals surface area contributed by atoms with Crippen molar-refractivity contribution in [2.24, 2.45) is 5.73 Å². The van der Waals surface area contributed by atoms with Crippen molar-refractivity contribution in [1.29, 1.82) is 0 Å². The SMILES string of the molecule is CC(C)(C)OC(=O)N[C@@H](Cc1nc(-c2nc(-c3nc(C(N)=O)cs3)cs2)cs1)C(=O)OC(C)(C)C. The molecule has 3 aromatic rings. The maximum absolute atomic E-state index is 12.8. The highest BCUT2D eigenvalue weighted by Crippen LogP contribution is 2.31. The van der Waals surface area contributed by atoms with Crippen molar-refractivity contribution in [3.05, 3.63) is 26.8 Å². The second-order valence-corrected chi connectivity index (χ2v) is 12.2. The van der Waals surface area contributed by atoms with E-state index in [2.05, 4.69) is 20.3 Å². The van der Waals surface area contributed by atoms with Gasteiger partial charge in [0.25, 0.3) is 5.91 Å². The summed E-state index contributed by atoms with van der Waals surface area (Å²) in [4.78, 5) is 49.8. The van der Waals surface area contributed by atoms with E-state index in [0.717, 1.165) is 0 Å². The lowest BCUT2D eigenvalue weighted by molar-refractivity contribution is -0.157. The van der Waals surface area contributed by atoms with Crippen LogP contribution in [-0.4, -0.2) is 50.2 Å². The number of ether oxygens (including phenoxy) is 2. The molecule has 0 aliphatic carbocycles. The Morgan fingerprint density at radius 1 is 0.886 bits per heavy atom. The molecule has 0 aliphatic rings. The van der Waals surface area contributed by atoms with Gasteiger partial charge in [0.2, 0.25) is 0 Å². The van der Waals surface area contributed by atoms with Crippen LogP contribution < -0.4 is 11.1 Å². The first-order valence-corrected chi connectivity index (χ1v) is 13.2. The Morgan fingerprint density at radius 3 is 2.06 bits per heavy atom. The molecule has 3 N–H and O–H groups in total. The van der Waals surface area contributed by atoms with Crippen LogP contribution in [0.15, 0.2) is 16.1 Å². The molecular formula is C22H27N5O5S3. The van der Waals surface area contributed by atoms with Gasteiger partial charge in [-0.1, -0.05) is 0 Å². The number of primary amides is 1. The number of carbonyl (C=O) groups is 3. The number of hydrogen-bond donors (Lipinski definition) is 2. The molecule has 35 heavy (non-hydrogen) atoms. The minimum atomic E-state index is -0.975. The van der Waals surface area contributed by atoms with E-state index in [1.165, 1.54) is 34.0 Å². The van der Waals surface area contributed by atoms with E-state index in [0.29, 0.717) is 26.4 Å². The average molecular weight is 538 g/mol. The predicted octanol–water partition coefficient (Wildman–Crippen LogP) is 4.27. The highest BCUT2D eigenvalue weighted by Gasteiger charge is 2.30. The van der Waals surface area contributed by atoms with E-state index < -0.39 is 35.2 Å². The van der Waals surface area contributed by atoms with Gasteiger partial charge in [0.15, 0.2) is 0 Å². The Kier molecular flexibility index (Phi) is 7.92. The zero-order chi connectivity index (χ0) is 26.0. The second-order valence-electron chi connectivity index (χ2n) is 9.50. The van der Waals surface area contributed by atoms with Gasteiger partial charge < -0.3 is 20.5 Å². The van der Waals surface area contributed by atoms with Crippen molar-refractivity contribution >= 4 is 52.0 Å². The van der Waals surface area contributed by atoms with E-state index >= 15 is 0 Å². The van der Waals surface area contributed by atoms with Gasteiger partial charge in [-0.3, -0.25) is 4.79 Å². The van der Waals surface area contributed by atoms with Gasteiger partial charge in [0.1, 0.15) is 44.3 Å². The third kappa shape index (κ3) is 7.80. The molecule has 1 atom stereocenters. The first-order valence-electron chi connectivity index (χ1n) is 10.6. The van der Waals surface area contributed by atoms with Gasteiger partial charge in [-0.05, 0) is 41.5 Å². The van der Waals surface area contributed by atoms with Crippen molar-refractivity contribution in [1.82, 2.24) is 20.3 Å². The number of carbonyl (C=O) groups excluding carboxylic acids is 3. The fourth-order valence-electron chi connectivity index (χ4n) is 2.69. The van der Waals surface area contributed by atoms with Crippen LogP contribution in [0.25, 0.3) is 21.4 Å². The minimum absolute atomic E-state index is 0.130. The van der Waals surface area contributed by atoms with Crippen LogP contribution in [0.1, 0.15) is 57.0 Å². The molecular weight excluding hydrogens is 510 g/mol. The number of nitrogens with two attached hydrogens (primary N) is 1. The highest BCUT2D eigenvalue weighted by atomic mass is 32.1. The molecule has 0 aromatic carbocycles. The van der Waals surface area contributed by atoms with Crippen molar-refractivity contribution < 1.29 is 23.9 Å². The summed E-state index contributed by atoms with van der Waals surface area (Å²) in [7, 11) is 0. The quantitative estimate of drug-likeness (QED) is 0.425. The van der Waals surface area contributed by atoms with Crippen LogP contribution in [0.2, 0.25) is 0 Å². The van der Waals surface area contributed by atoms with Gasteiger partial charge in [-0.25, -0.2) is 24.5 Å². The molecule has 3 heterocycles. The van der Waals surface area contributed by atoms with Gasteiger partial charge in [0, 0.05) is 22.6 Å². The molecule has 3 rings (SSSR count). The highest BCUT2D eigenvalue weighted by molar-refractivity contribution is 7.16. The molecule has 0 saturated heterocycles. The standard InChI is InChI=1S/C22H27N5O5S3/c1-21(2,3)31-19(29)11(27-20(30)32-22(4,5)6)7-15-24-13(9-33-15)17-26-14(10-35-17)18-25-12(8-34-18)16(23)28/h8-11H,7H2,1-6H3,(H2,23,28)(H,27,30)/t11-/m0/s1. The number of thiazole rings is 3. The van der Waals surface area contributed by atoms with Crippen molar-refractivity contribution in [3.63, 3.8) is 0 Å². The topological polar surface area (TPSA) is 146 Å². The predicted molar refractivity (Wildman–Crippen MR) is 136 cm³/mol. The molecule has 188 valence electrons. The number of nitrogens with zero attached hydrogens (tertiary/aromatic N) is 3. The second kappa shape index (κ2) is 10.4. The Bertz CT molecular complexity index is 1220. The lowest BCUT2D eigenvalue weighted by atomic mass is 10.1. The summed E-state index contributed by atoms with van der Waals surface area (Å²) in [5.41, 5.74) is 5.28. The number of aromatic nitrogens is 3. The van der Waals surface area contributed by atoms with Gasteiger partial charge in [-0.15, -0.1) is 34.0 Å². The molecule has 0 saturated carbocycles. The maximum atomic E-state index is 12.8. The Labute approximate surface area is 214 Å². The Balaban J connectivity index is 1.76. The summed E-state index contributed by atoms with van der Waals surface area (Å²) in [6.07, 6.45) is -0.584. The Morgan fingerprint density at radius 2 is 1.46 bits per heavy atom. The van der Waals surface area contributed by atoms with Crippen molar-refractivity contribution in [3.8, 4) is 21.4 Å². The molecule has 0 bridgehead atoms. The number of hydrogen-bond acceptors (Lipinski definition) is 11. The molecule has 13 heteroatoms.